The number of fused-ring (bicyclic) bond motifs is 1. The van der Waals surface area contributed by atoms with Crippen LogP contribution in [-0.4, -0.2) is 44.4 Å². The quantitative estimate of drug-likeness (QED) is 0.833. The highest BCUT2D eigenvalue weighted by Gasteiger charge is 2.27. The second kappa shape index (κ2) is 6.36. The van der Waals surface area contributed by atoms with Crippen LogP contribution in [0.25, 0.3) is 5.78 Å². The van der Waals surface area contributed by atoms with Crippen molar-refractivity contribution in [3.8, 4) is 0 Å². The largest absolute Gasteiger partial charge is 0.396 e. The SMILES string of the molecule is COCc1cc(NC2CCCC2CCO)n2ncnc2n1. The van der Waals surface area contributed by atoms with E-state index in [4.69, 9.17) is 4.74 Å². The highest BCUT2D eigenvalue weighted by Crippen LogP contribution is 2.30. The first-order valence-electron chi connectivity index (χ1n) is 7.38. The number of rotatable bonds is 6. The fourth-order valence-electron chi connectivity index (χ4n) is 3.11. The standard InChI is InChI=1S/C14H21N5O2/c1-21-8-11-7-13(19-14(17-11)15-9-16-19)18-12-4-2-3-10(12)5-6-20/h7,9-10,12,18,20H,2-6,8H2,1H3. The van der Waals surface area contributed by atoms with Crippen molar-refractivity contribution in [2.45, 2.75) is 38.3 Å². The molecule has 114 valence electrons. The Morgan fingerprint density at radius 3 is 3.19 bits per heavy atom. The first kappa shape index (κ1) is 14.2. The van der Waals surface area contributed by atoms with Crippen LogP contribution in [0.5, 0.6) is 0 Å². The van der Waals surface area contributed by atoms with Gasteiger partial charge in [-0.25, -0.2) is 4.98 Å². The maximum absolute atomic E-state index is 9.18. The lowest BCUT2D eigenvalue weighted by Gasteiger charge is -2.21. The average Bonchev–Trinajstić information content (AvgIpc) is 3.09. The van der Waals surface area contributed by atoms with Crippen LogP contribution in [0.3, 0.4) is 0 Å². The zero-order valence-electron chi connectivity index (χ0n) is 12.2. The molecule has 2 unspecified atom stereocenters. The number of nitrogens with zero attached hydrogens (tertiary/aromatic N) is 4. The molecule has 1 aliphatic rings. The first-order valence-corrected chi connectivity index (χ1v) is 7.38. The van der Waals surface area contributed by atoms with E-state index < -0.39 is 0 Å². The third-order valence-corrected chi connectivity index (χ3v) is 4.09. The number of aromatic nitrogens is 4. The van der Waals surface area contributed by atoms with Crippen LogP contribution in [0.4, 0.5) is 5.82 Å². The number of nitrogens with one attached hydrogen (secondary N) is 1. The van der Waals surface area contributed by atoms with Crippen LogP contribution < -0.4 is 5.32 Å². The maximum Gasteiger partial charge on any atom is 0.254 e. The molecule has 2 aromatic rings. The minimum Gasteiger partial charge on any atom is -0.396 e. The molecule has 3 rings (SSSR count). The van der Waals surface area contributed by atoms with E-state index in [0.29, 0.717) is 24.3 Å². The normalized spacial score (nSPS) is 22.0. The number of ether oxygens (including phenoxy) is 1. The van der Waals surface area contributed by atoms with Crippen molar-refractivity contribution in [2.24, 2.45) is 5.92 Å². The third kappa shape index (κ3) is 2.98. The van der Waals surface area contributed by atoms with Gasteiger partial charge in [0.2, 0.25) is 0 Å². The fourth-order valence-corrected chi connectivity index (χ4v) is 3.11. The molecule has 2 atom stereocenters. The third-order valence-electron chi connectivity index (χ3n) is 4.09. The number of anilines is 1. The molecule has 1 fully saturated rings. The van der Waals surface area contributed by atoms with Crippen molar-refractivity contribution in [1.82, 2.24) is 19.6 Å². The summed E-state index contributed by atoms with van der Waals surface area (Å²) in [5.74, 6) is 1.97. The molecule has 2 heterocycles. The van der Waals surface area contributed by atoms with Crippen LogP contribution in [0.15, 0.2) is 12.4 Å². The topological polar surface area (TPSA) is 84.6 Å². The summed E-state index contributed by atoms with van der Waals surface area (Å²) in [6.45, 7) is 0.690. The smallest absolute Gasteiger partial charge is 0.254 e. The molecule has 0 spiro atoms. The predicted octanol–water partition coefficient (Wildman–Crippen LogP) is 1.23. The molecule has 0 aliphatic heterocycles. The summed E-state index contributed by atoms with van der Waals surface area (Å²) >= 11 is 0. The van der Waals surface area contributed by atoms with Gasteiger partial charge in [0.05, 0.1) is 12.3 Å². The van der Waals surface area contributed by atoms with Gasteiger partial charge in [0.1, 0.15) is 12.1 Å². The van der Waals surface area contributed by atoms with E-state index in [1.807, 2.05) is 6.07 Å². The van der Waals surface area contributed by atoms with Gasteiger partial charge in [0.15, 0.2) is 0 Å². The van der Waals surface area contributed by atoms with Gasteiger partial charge in [-0.15, -0.1) is 0 Å². The Morgan fingerprint density at radius 1 is 1.48 bits per heavy atom. The van der Waals surface area contributed by atoms with Crippen molar-refractivity contribution < 1.29 is 9.84 Å². The van der Waals surface area contributed by atoms with Crippen molar-refractivity contribution in [2.75, 3.05) is 19.0 Å². The van der Waals surface area contributed by atoms with Gasteiger partial charge in [0.25, 0.3) is 5.78 Å². The van der Waals surface area contributed by atoms with E-state index in [0.717, 1.165) is 30.8 Å². The number of aliphatic hydroxyl groups is 1. The van der Waals surface area contributed by atoms with E-state index in [2.05, 4.69) is 20.4 Å². The molecule has 2 aromatic heterocycles. The lowest BCUT2D eigenvalue weighted by atomic mass is 10.00. The molecule has 7 nitrogen and oxygen atoms in total. The van der Waals surface area contributed by atoms with Gasteiger partial charge in [-0.1, -0.05) is 6.42 Å². The van der Waals surface area contributed by atoms with Crippen molar-refractivity contribution in [3.05, 3.63) is 18.1 Å². The summed E-state index contributed by atoms with van der Waals surface area (Å²) in [6, 6.07) is 2.32. The van der Waals surface area contributed by atoms with Crippen LogP contribution in [0.2, 0.25) is 0 Å². The molecule has 7 heteroatoms. The lowest BCUT2D eigenvalue weighted by Crippen LogP contribution is -2.26. The molecule has 1 saturated carbocycles. The Kier molecular flexibility index (Phi) is 4.31. The van der Waals surface area contributed by atoms with Crippen LogP contribution in [0, 0.1) is 5.92 Å². The lowest BCUT2D eigenvalue weighted by molar-refractivity contribution is 0.181. The summed E-state index contributed by atoms with van der Waals surface area (Å²) in [5.41, 5.74) is 0.831. The predicted molar refractivity (Wildman–Crippen MR) is 77.9 cm³/mol. The van der Waals surface area contributed by atoms with Crippen molar-refractivity contribution >= 4 is 11.6 Å². The number of hydrogen-bond donors (Lipinski definition) is 2. The minimum atomic E-state index is 0.243. The number of hydrogen-bond acceptors (Lipinski definition) is 6. The van der Waals surface area contributed by atoms with E-state index >= 15 is 0 Å². The van der Waals surface area contributed by atoms with Gasteiger partial charge in [-0.2, -0.15) is 14.6 Å². The molecule has 0 aromatic carbocycles. The summed E-state index contributed by atoms with van der Waals surface area (Å²) in [5, 5.41) is 17.0. The van der Waals surface area contributed by atoms with Crippen LogP contribution >= 0.6 is 0 Å². The number of methoxy groups -OCH3 is 1. The van der Waals surface area contributed by atoms with Gasteiger partial charge in [0, 0.05) is 25.8 Å². The van der Waals surface area contributed by atoms with Gasteiger partial charge < -0.3 is 15.2 Å². The second-order valence-corrected chi connectivity index (χ2v) is 5.49. The zero-order chi connectivity index (χ0) is 14.7. The number of aliphatic hydroxyl groups excluding tert-OH is 1. The van der Waals surface area contributed by atoms with E-state index in [1.54, 1.807) is 11.6 Å². The van der Waals surface area contributed by atoms with Gasteiger partial charge in [-0.3, -0.25) is 0 Å². The van der Waals surface area contributed by atoms with Crippen molar-refractivity contribution in [3.63, 3.8) is 0 Å². The highest BCUT2D eigenvalue weighted by molar-refractivity contribution is 5.45. The molecule has 2 N–H and O–H groups in total. The Morgan fingerprint density at radius 2 is 2.38 bits per heavy atom. The minimum absolute atomic E-state index is 0.243. The van der Waals surface area contributed by atoms with E-state index in [-0.39, 0.29) is 6.61 Å². The summed E-state index contributed by atoms with van der Waals surface area (Å²) < 4.78 is 6.87. The van der Waals surface area contributed by atoms with E-state index in [9.17, 15) is 5.11 Å². The Bertz CT molecular complexity index is 600. The Balaban J connectivity index is 1.86. The molecule has 1 aliphatic carbocycles. The second-order valence-electron chi connectivity index (χ2n) is 5.49. The molecule has 0 radical (unpaired) electrons. The average molecular weight is 291 g/mol. The molecule has 0 saturated heterocycles. The summed E-state index contributed by atoms with van der Waals surface area (Å²) in [6.07, 6.45) is 5.81. The molecular formula is C14H21N5O2. The van der Waals surface area contributed by atoms with Gasteiger partial charge in [-0.05, 0) is 25.2 Å². The van der Waals surface area contributed by atoms with Crippen LogP contribution in [0.1, 0.15) is 31.4 Å². The Labute approximate surface area is 123 Å². The monoisotopic (exact) mass is 291 g/mol. The molecule has 0 bridgehead atoms. The molecule has 21 heavy (non-hydrogen) atoms. The molecular weight excluding hydrogens is 270 g/mol. The first-order chi connectivity index (χ1) is 10.3. The Hall–Kier alpha value is -1.73. The maximum atomic E-state index is 9.18. The highest BCUT2D eigenvalue weighted by atomic mass is 16.5. The summed E-state index contributed by atoms with van der Waals surface area (Å²) in [7, 11) is 1.65. The van der Waals surface area contributed by atoms with Crippen LogP contribution in [-0.2, 0) is 11.3 Å². The molecule has 0 amide bonds. The fraction of sp³-hybridized carbons (Fsp3) is 0.643. The summed E-state index contributed by atoms with van der Waals surface area (Å²) in [4.78, 5) is 8.56. The zero-order valence-corrected chi connectivity index (χ0v) is 12.2. The van der Waals surface area contributed by atoms with Crippen molar-refractivity contribution in [1.29, 1.82) is 0 Å². The van der Waals surface area contributed by atoms with Gasteiger partial charge >= 0.3 is 0 Å². The van der Waals surface area contributed by atoms with E-state index in [1.165, 1.54) is 12.7 Å².